The van der Waals surface area contributed by atoms with Crippen LogP contribution in [0.4, 0.5) is 0 Å². The Hall–Kier alpha value is -1.93. The second-order valence-corrected chi connectivity index (χ2v) is 8.20. The number of hydrogen-bond acceptors (Lipinski definition) is 5. The molecule has 2 aliphatic heterocycles. The minimum absolute atomic E-state index is 0.195. The Morgan fingerprint density at radius 2 is 2.20 bits per heavy atom. The first kappa shape index (κ1) is 17.9. The molecule has 8 heteroatoms. The van der Waals surface area contributed by atoms with Gasteiger partial charge in [-0.2, -0.15) is 0 Å². The van der Waals surface area contributed by atoms with Crippen molar-refractivity contribution in [1.29, 1.82) is 0 Å². The number of fused-ring (bicyclic) bond motifs is 1. The van der Waals surface area contributed by atoms with Gasteiger partial charge >= 0.3 is 0 Å². The first-order valence-electron chi connectivity index (χ1n) is 8.66. The van der Waals surface area contributed by atoms with Gasteiger partial charge in [0.1, 0.15) is 11.9 Å². The molecule has 0 aromatic heterocycles. The summed E-state index contributed by atoms with van der Waals surface area (Å²) in [5, 5.41) is 6.26. The van der Waals surface area contributed by atoms with Crippen molar-refractivity contribution in [2.75, 3.05) is 19.6 Å². The highest BCUT2D eigenvalue weighted by Crippen LogP contribution is 2.22. The maximum atomic E-state index is 12.2. The van der Waals surface area contributed by atoms with Gasteiger partial charge in [-0.05, 0) is 57.3 Å². The standard InChI is InChI=1S/C17H24N4O3S/c1-12(17(22)19-10-8-13-5-4-9-18-11-13)20-16-14-6-2-3-7-15(14)25(23,24)21-16/h2-3,6-7,12-13,18H,4-5,8-11H2,1H3,(H,19,22)(H,20,21). The van der Waals surface area contributed by atoms with Crippen LogP contribution in [-0.4, -0.2) is 45.8 Å². The SMILES string of the molecule is CC(N=C1NS(=O)(=O)c2ccccc21)C(=O)NCCC1CCCNC1. The van der Waals surface area contributed by atoms with E-state index in [4.69, 9.17) is 0 Å². The van der Waals surface area contributed by atoms with E-state index in [-0.39, 0.29) is 16.6 Å². The molecule has 2 atom stereocenters. The molecule has 0 bridgehead atoms. The van der Waals surface area contributed by atoms with Crippen molar-refractivity contribution in [2.45, 2.75) is 37.1 Å². The zero-order chi connectivity index (χ0) is 17.9. The van der Waals surface area contributed by atoms with Crippen molar-refractivity contribution in [3.05, 3.63) is 29.8 Å². The number of aliphatic imine (C=N–C) groups is 1. The number of nitrogens with one attached hydrogen (secondary N) is 3. The molecule has 25 heavy (non-hydrogen) atoms. The van der Waals surface area contributed by atoms with Crippen LogP contribution < -0.4 is 15.4 Å². The van der Waals surface area contributed by atoms with Crippen LogP contribution in [0.3, 0.4) is 0 Å². The lowest BCUT2D eigenvalue weighted by atomic mass is 9.96. The summed E-state index contributed by atoms with van der Waals surface area (Å²) >= 11 is 0. The first-order valence-corrected chi connectivity index (χ1v) is 10.1. The number of carbonyl (C=O) groups is 1. The molecule has 1 fully saturated rings. The summed E-state index contributed by atoms with van der Waals surface area (Å²) in [7, 11) is -3.58. The number of carbonyl (C=O) groups excluding carboxylic acids is 1. The van der Waals surface area contributed by atoms with E-state index in [2.05, 4.69) is 20.3 Å². The minimum Gasteiger partial charge on any atom is -0.354 e. The van der Waals surface area contributed by atoms with Crippen LogP contribution in [-0.2, 0) is 14.8 Å². The average Bonchev–Trinajstić information content (AvgIpc) is 2.86. The van der Waals surface area contributed by atoms with Crippen LogP contribution >= 0.6 is 0 Å². The molecule has 2 heterocycles. The average molecular weight is 364 g/mol. The summed E-state index contributed by atoms with van der Waals surface area (Å²) in [6.45, 7) is 4.36. The summed E-state index contributed by atoms with van der Waals surface area (Å²) < 4.78 is 26.6. The molecule has 0 aliphatic carbocycles. The van der Waals surface area contributed by atoms with E-state index in [0.717, 1.165) is 19.5 Å². The summed E-state index contributed by atoms with van der Waals surface area (Å²) in [6, 6.07) is 5.97. The van der Waals surface area contributed by atoms with Gasteiger partial charge in [0.15, 0.2) is 0 Å². The van der Waals surface area contributed by atoms with Gasteiger partial charge < -0.3 is 10.6 Å². The zero-order valence-corrected chi connectivity index (χ0v) is 15.1. The highest BCUT2D eigenvalue weighted by Gasteiger charge is 2.31. The van der Waals surface area contributed by atoms with Crippen molar-refractivity contribution in [3.63, 3.8) is 0 Å². The van der Waals surface area contributed by atoms with Gasteiger partial charge in [0, 0.05) is 12.1 Å². The van der Waals surface area contributed by atoms with Crippen molar-refractivity contribution >= 4 is 21.8 Å². The van der Waals surface area contributed by atoms with Crippen LogP contribution in [0.25, 0.3) is 0 Å². The van der Waals surface area contributed by atoms with Crippen molar-refractivity contribution in [3.8, 4) is 0 Å². The van der Waals surface area contributed by atoms with E-state index >= 15 is 0 Å². The normalized spacial score (nSPS) is 24.4. The third-order valence-corrected chi connectivity index (χ3v) is 6.01. The molecule has 136 valence electrons. The Bertz CT molecular complexity index is 770. The predicted octanol–water partition coefficient (Wildman–Crippen LogP) is 0.620. The Balaban J connectivity index is 1.59. The maximum Gasteiger partial charge on any atom is 0.263 e. The highest BCUT2D eigenvalue weighted by atomic mass is 32.2. The monoisotopic (exact) mass is 364 g/mol. The molecule has 0 radical (unpaired) electrons. The molecule has 1 aromatic rings. The molecule has 1 amide bonds. The summed E-state index contributed by atoms with van der Waals surface area (Å²) in [4.78, 5) is 16.7. The number of amides is 1. The Morgan fingerprint density at radius 3 is 2.96 bits per heavy atom. The Kier molecular flexibility index (Phi) is 5.39. The van der Waals surface area contributed by atoms with Crippen LogP contribution in [0, 0.1) is 5.92 Å². The topological polar surface area (TPSA) is 99.7 Å². The van der Waals surface area contributed by atoms with Crippen LogP contribution in [0.1, 0.15) is 31.7 Å². The molecule has 1 saturated heterocycles. The van der Waals surface area contributed by atoms with E-state index in [1.165, 1.54) is 18.9 Å². The largest absolute Gasteiger partial charge is 0.354 e. The van der Waals surface area contributed by atoms with Crippen molar-refractivity contribution in [2.24, 2.45) is 10.9 Å². The van der Waals surface area contributed by atoms with E-state index < -0.39 is 16.1 Å². The lowest BCUT2D eigenvalue weighted by Gasteiger charge is -2.22. The van der Waals surface area contributed by atoms with Gasteiger partial charge in [0.2, 0.25) is 5.91 Å². The molecule has 0 spiro atoms. The molecular weight excluding hydrogens is 340 g/mol. The lowest BCUT2D eigenvalue weighted by molar-refractivity contribution is -0.121. The summed E-state index contributed by atoms with van der Waals surface area (Å²) in [5.41, 5.74) is 0.510. The fourth-order valence-electron chi connectivity index (χ4n) is 3.20. The van der Waals surface area contributed by atoms with Crippen molar-refractivity contribution < 1.29 is 13.2 Å². The number of piperidine rings is 1. The fourth-order valence-corrected chi connectivity index (χ4v) is 4.44. The van der Waals surface area contributed by atoms with Gasteiger partial charge in [-0.15, -0.1) is 0 Å². The van der Waals surface area contributed by atoms with E-state index in [1.807, 2.05) is 0 Å². The summed E-state index contributed by atoms with van der Waals surface area (Å²) in [5.74, 6) is 0.638. The van der Waals surface area contributed by atoms with Gasteiger partial charge in [0.05, 0.1) is 4.90 Å². The van der Waals surface area contributed by atoms with Gasteiger partial charge in [-0.1, -0.05) is 12.1 Å². The third-order valence-electron chi connectivity index (χ3n) is 4.62. The van der Waals surface area contributed by atoms with Crippen LogP contribution in [0.2, 0.25) is 0 Å². The molecule has 1 aromatic carbocycles. The predicted molar refractivity (Wildman–Crippen MR) is 96.0 cm³/mol. The minimum atomic E-state index is -3.58. The smallest absolute Gasteiger partial charge is 0.263 e. The fraction of sp³-hybridized carbons (Fsp3) is 0.529. The van der Waals surface area contributed by atoms with Gasteiger partial charge in [0.25, 0.3) is 10.0 Å². The quantitative estimate of drug-likeness (QED) is 0.713. The molecule has 3 rings (SSSR count). The number of benzene rings is 1. The van der Waals surface area contributed by atoms with Gasteiger partial charge in [-0.3, -0.25) is 14.5 Å². The molecule has 0 saturated carbocycles. The van der Waals surface area contributed by atoms with Crippen molar-refractivity contribution in [1.82, 2.24) is 15.4 Å². The summed E-state index contributed by atoms with van der Waals surface area (Å²) in [6.07, 6.45) is 3.32. The van der Waals surface area contributed by atoms with Gasteiger partial charge in [-0.25, -0.2) is 8.42 Å². The molecule has 2 unspecified atom stereocenters. The Labute approximate surface area is 148 Å². The second-order valence-electron chi connectivity index (χ2n) is 6.55. The van der Waals surface area contributed by atoms with E-state index in [1.54, 1.807) is 25.1 Å². The molecule has 3 N–H and O–H groups in total. The molecule has 7 nitrogen and oxygen atoms in total. The number of sulfonamides is 1. The van der Waals surface area contributed by atoms with Crippen LogP contribution in [0.15, 0.2) is 34.2 Å². The second kappa shape index (κ2) is 7.53. The van der Waals surface area contributed by atoms with Crippen LogP contribution in [0.5, 0.6) is 0 Å². The first-order chi connectivity index (χ1) is 12.0. The third kappa shape index (κ3) is 4.19. The van der Waals surface area contributed by atoms with E-state index in [9.17, 15) is 13.2 Å². The van der Waals surface area contributed by atoms with E-state index in [0.29, 0.717) is 18.0 Å². The number of amidine groups is 1. The zero-order valence-electron chi connectivity index (χ0n) is 14.3. The number of hydrogen-bond donors (Lipinski definition) is 3. The number of rotatable bonds is 5. The maximum absolute atomic E-state index is 12.2. The lowest BCUT2D eigenvalue weighted by Crippen LogP contribution is -2.37. The molecule has 2 aliphatic rings. The molecular formula is C17H24N4O3S. The number of nitrogens with zero attached hydrogens (tertiary/aromatic N) is 1. The Morgan fingerprint density at radius 1 is 1.40 bits per heavy atom. The highest BCUT2D eigenvalue weighted by molar-refractivity contribution is 7.90.